The van der Waals surface area contributed by atoms with E-state index in [-0.39, 0.29) is 5.91 Å². The molecule has 2 aliphatic heterocycles. The normalized spacial score (nSPS) is 24.6. The van der Waals surface area contributed by atoms with E-state index < -0.39 is 11.6 Å². The molecule has 0 saturated carbocycles. The summed E-state index contributed by atoms with van der Waals surface area (Å²) in [5.41, 5.74) is 3.52. The van der Waals surface area contributed by atoms with Crippen molar-refractivity contribution in [3.63, 3.8) is 0 Å². The fraction of sp³-hybridized carbons (Fsp3) is 0.435. The Hall–Kier alpha value is -2.37. The Bertz CT molecular complexity index is 852. The van der Waals surface area contributed by atoms with Crippen molar-refractivity contribution < 1.29 is 9.90 Å². The average Bonchev–Trinajstić information content (AvgIpc) is 2.73. The first-order valence-corrected chi connectivity index (χ1v) is 10.1. The van der Waals surface area contributed by atoms with E-state index in [0.29, 0.717) is 19.5 Å². The lowest BCUT2D eigenvalue weighted by molar-refractivity contribution is -0.0612. The van der Waals surface area contributed by atoms with Crippen LogP contribution in [0.1, 0.15) is 34.3 Å². The van der Waals surface area contributed by atoms with Gasteiger partial charge in [-0.1, -0.05) is 42.5 Å². The zero-order valence-corrected chi connectivity index (χ0v) is 16.7. The molecule has 0 radical (unpaired) electrons. The van der Waals surface area contributed by atoms with Gasteiger partial charge in [0, 0.05) is 19.6 Å². The van der Waals surface area contributed by atoms with Gasteiger partial charge < -0.3 is 15.3 Å². The lowest BCUT2D eigenvalue weighted by Gasteiger charge is -2.50. The summed E-state index contributed by atoms with van der Waals surface area (Å²) >= 11 is 0. The third-order valence-corrected chi connectivity index (χ3v) is 6.37. The highest BCUT2D eigenvalue weighted by Crippen LogP contribution is 2.38. The topological polar surface area (TPSA) is 55.8 Å². The number of anilines is 1. The molecule has 2 heterocycles. The van der Waals surface area contributed by atoms with Gasteiger partial charge in [-0.3, -0.25) is 9.69 Å². The van der Waals surface area contributed by atoms with Crippen LogP contribution in [0, 0.1) is 0 Å². The maximum absolute atomic E-state index is 13.3. The van der Waals surface area contributed by atoms with Gasteiger partial charge >= 0.3 is 0 Å². The van der Waals surface area contributed by atoms with Crippen molar-refractivity contribution in [2.75, 3.05) is 39.0 Å². The standard InChI is InChI=1S/C23H29N3O2/c1-25(2)23(18-10-4-3-5-11-18)13-15-26(16-20(23)27)22(28)19-12-6-8-17-9-7-14-24-21(17)19/h3-6,8,10-12,20,24,27H,7,9,13-16H2,1-2H3/t20-,23+/m1/s1. The Labute approximate surface area is 167 Å². The predicted molar refractivity (Wildman–Crippen MR) is 112 cm³/mol. The van der Waals surface area contributed by atoms with E-state index in [9.17, 15) is 9.90 Å². The van der Waals surface area contributed by atoms with E-state index >= 15 is 0 Å². The van der Waals surface area contributed by atoms with Gasteiger partial charge in [-0.05, 0) is 50.6 Å². The fourth-order valence-electron chi connectivity index (χ4n) is 4.81. The Morgan fingerprint density at radius 3 is 2.68 bits per heavy atom. The molecular weight excluding hydrogens is 350 g/mol. The van der Waals surface area contributed by atoms with E-state index in [2.05, 4.69) is 28.4 Å². The largest absolute Gasteiger partial charge is 0.389 e. The third-order valence-electron chi connectivity index (χ3n) is 6.37. The minimum absolute atomic E-state index is 0.00529. The molecule has 1 fully saturated rings. The van der Waals surface area contributed by atoms with Crippen LogP contribution >= 0.6 is 0 Å². The number of hydrogen-bond donors (Lipinski definition) is 2. The highest BCUT2D eigenvalue weighted by atomic mass is 16.3. The minimum Gasteiger partial charge on any atom is -0.389 e. The van der Waals surface area contributed by atoms with Gasteiger partial charge in [-0.2, -0.15) is 0 Å². The van der Waals surface area contributed by atoms with Gasteiger partial charge in [-0.25, -0.2) is 0 Å². The van der Waals surface area contributed by atoms with E-state index in [4.69, 9.17) is 0 Å². The van der Waals surface area contributed by atoms with E-state index in [1.54, 1.807) is 4.90 Å². The first kappa shape index (κ1) is 19.0. The molecule has 148 valence electrons. The molecular formula is C23H29N3O2. The molecule has 0 bridgehead atoms. The SMILES string of the molecule is CN(C)[C@]1(c2ccccc2)CCN(C(=O)c2cccc3c2NCCC3)C[C@H]1O. The molecule has 0 aliphatic carbocycles. The highest BCUT2D eigenvalue weighted by Gasteiger charge is 2.46. The zero-order valence-electron chi connectivity index (χ0n) is 16.7. The number of nitrogens with zero attached hydrogens (tertiary/aromatic N) is 2. The summed E-state index contributed by atoms with van der Waals surface area (Å²) in [7, 11) is 4.01. The molecule has 2 N–H and O–H groups in total. The van der Waals surface area contributed by atoms with E-state index in [1.807, 2.05) is 44.4 Å². The number of likely N-dealkylation sites (N-methyl/N-ethyl adjacent to an activating group) is 1. The molecule has 2 aromatic carbocycles. The third kappa shape index (κ3) is 3.09. The van der Waals surface area contributed by atoms with Crippen molar-refractivity contribution in [1.29, 1.82) is 0 Å². The van der Waals surface area contributed by atoms with Crippen molar-refractivity contribution in [3.05, 3.63) is 65.2 Å². The second-order valence-corrected chi connectivity index (χ2v) is 8.07. The average molecular weight is 380 g/mol. The summed E-state index contributed by atoms with van der Waals surface area (Å²) in [6, 6.07) is 16.1. The first-order chi connectivity index (χ1) is 13.5. The van der Waals surface area contributed by atoms with Crippen LogP contribution in [0.5, 0.6) is 0 Å². The highest BCUT2D eigenvalue weighted by molar-refractivity contribution is 6.00. The lowest BCUT2D eigenvalue weighted by atomic mass is 9.77. The van der Waals surface area contributed by atoms with Crippen LogP contribution in [0.2, 0.25) is 0 Å². The Balaban J connectivity index is 1.60. The van der Waals surface area contributed by atoms with Crippen molar-refractivity contribution >= 4 is 11.6 Å². The molecule has 28 heavy (non-hydrogen) atoms. The lowest BCUT2D eigenvalue weighted by Crippen LogP contribution is -2.60. The number of carbonyl (C=O) groups is 1. The summed E-state index contributed by atoms with van der Waals surface area (Å²) in [4.78, 5) is 17.2. The maximum Gasteiger partial charge on any atom is 0.256 e. The van der Waals surface area contributed by atoms with Gasteiger partial charge in [-0.15, -0.1) is 0 Å². The van der Waals surface area contributed by atoms with Gasteiger partial charge in [0.15, 0.2) is 0 Å². The molecule has 0 unspecified atom stereocenters. The Morgan fingerprint density at radius 1 is 1.18 bits per heavy atom. The number of carbonyl (C=O) groups excluding carboxylic acids is 1. The van der Waals surface area contributed by atoms with Crippen LogP contribution in [0.4, 0.5) is 5.69 Å². The van der Waals surface area contributed by atoms with Crippen molar-refractivity contribution in [1.82, 2.24) is 9.80 Å². The summed E-state index contributed by atoms with van der Waals surface area (Å²) in [5.74, 6) is 0.00529. The summed E-state index contributed by atoms with van der Waals surface area (Å²) in [6.45, 7) is 1.85. The predicted octanol–water partition coefficient (Wildman–Crippen LogP) is 2.71. The van der Waals surface area contributed by atoms with Crippen molar-refractivity contribution in [3.8, 4) is 0 Å². The van der Waals surface area contributed by atoms with Crippen molar-refractivity contribution in [2.45, 2.75) is 30.9 Å². The van der Waals surface area contributed by atoms with Gasteiger partial charge in [0.05, 0.1) is 22.9 Å². The number of hydrogen-bond acceptors (Lipinski definition) is 4. The molecule has 1 saturated heterocycles. The number of β-amino-alcohol motifs (C(OH)–C–C–N with tert-alkyl or cyclic N) is 1. The number of nitrogens with one attached hydrogen (secondary N) is 1. The fourth-order valence-corrected chi connectivity index (χ4v) is 4.81. The number of rotatable bonds is 3. The molecule has 2 aromatic rings. The number of aryl methyl sites for hydroxylation is 1. The Kier molecular flexibility index (Phi) is 5.13. The quantitative estimate of drug-likeness (QED) is 0.861. The molecule has 5 heteroatoms. The number of piperidine rings is 1. The van der Waals surface area contributed by atoms with Crippen LogP contribution in [-0.4, -0.2) is 60.6 Å². The molecule has 1 amide bonds. The number of aliphatic hydroxyl groups is 1. The molecule has 0 spiro atoms. The molecule has 4 rings (SSSR count). The number of fused-ring (bicyclic) bond motifs is 1. The van der Waals surface area contributed by atoms with E-state index in [1.165, 1.54) is 5.56 Å². The van der Waals surface area contributed by atoms with E-state index in [0.717, 1.165) is 36.2 Å². The number of aliphatic hydroxyl groups excluding tert-OH is 1. The monoisotopic (exact) mass is 379 g/mol. The summed E-state index contributed by atoms with van der Waals surface area (Å²) in [5, 5.41) is 14.6. The number of likely N-dealkylation sites (tertiary alicyclic amines) is 1. The second-order valence-electron chi connectivity index (χ2n) is 8.07. The molecule has 5 nitrogen and oxygen atoms in total. The smallest absolute Gasteiger partial charge is 0.256 e. The molecule has 2 aliphatic rings. The Morgan fingerprint density at radius 2 is 1.96 bits per heavy atom. The van der Waals surface area contributed by atoms with Gasteiger partial charge in [0.2, 0.25) is 0 Å². The number of para-hydroxylation sites is 1. The van der Waals surface area contributed by atoms with Crippen molar-refractivity contribution in [2.24, 2.45) is 0 Å². The molecule has 2 atom stereocenters. The number of benzene rings is 2. The summed E-state index contributed by atoms with van der Waals surface area (Å²) < 4.78 is 0. The van der Waals surface area contributed by atoms with Gasteiger partial charge in [0.25, 0.3) is 5.91 Å². The number of amides is 1. The van der Waals surface area contributed by atoms with Crippen LogP contribution in [-0.2, 0) is 12.0 Å². The van der Waals surface area contributed by atoms with Crippen LogP contribution in [0.25, 0.3) is 0 Å². The first-order valence-electron chi connectivity index (χ1n) is 10.1. The van der Waals surface area contributed by atoms with Crippen LogP contribution in [0.15, 0.2) is 48.5 Å². The van der Waals surface area contributed by atoms with Crippen LogP contribution in [0.3, 0.4) is 0 Å². The maximum atomic E-state index is 13.3. The minimum atomic E-state index is -0.657. The van der Waals surface area contributed by atoms with Gasteiger partial charge in [0.1, 0.15) is 0 Å². The summed E-state index contributed by atoms with van der Waals surface area (Å²) in [6.07, 6.45) is 2.13. The zero-order chi connectivity index (χ0) is 19.7. The molecule has 0 aromatic heterocycles. The second kappa shape index (κ2) is 7.57. The van der Waals surface area contributed by atoms with Crippen LogP contribution < -0.4 is 5.32 Å².